The predicted molar refractivity (Wildman–Crippen MR) is 65.4 cm³/mol. The van der Waals surface area contributed by atoms with Crippen molar-refractivity contribution in [1.29, 1.82) is 0 Å². The van der Waals surface area contributed by atoms with Gasteiger partial charge in [0.25, 0.3) is 0 Å². The van der Waals surface area contributed by atoms with Crippen LogP contribution in [0.25, 0.3) is 0 Å². The maximum Gasteiger partial charge on any atom is 0.235 e. The summed E-state index contributed by atoms with van der Waals surface area (Å²) in [6, 6.07) is 0. The largest absolute Gasteiger partial charge is 0.368 e. The molecule has 0 fully saturated rings. The zero-order chi connectivity index (χ0) is 12.6. The highest BCUT2D eigenvalue weighted by Crippen LogP contribution is 2.13. The van der Waals surface area contributed by atoms with Gasteiger partial charge in [0, 0.05) is 0 Å². The average molecular weight is 269 g/mol. The van der Waals surface area contributed by atoms with E-state index in [4.69, 9.17) is 34.7 Å². The number of carbonyl (C=O) groups is 2. The van der Waals surface area contributed by atoms with Crippen molar-refractivity contribution in [3.05, 3.63) is 0 Å². The second kappa shape index (κ2) is 8.65. The van der Waals surface area contributed by atoms with Crippen LogP contribution in [0.1, 0.15) is 38.5 Å². The fraction of sp³-hybridized carbons (Fsp3) is 0.800. The van der Waals surface area contributed by atoms with E-state index < -0.39 is 22.6 Å². The minimum Gasteiger partial charge on any atom is -0.368 e. The molecule has 16 heavy (non-hydrogen) atoms. The number of halogens is 2. The van der Waals surface area contributed by atoms with Crippen LogP contribution >= 0.6 is 23.2 Å². The number of carbonyl (C=O) groups excluding carboxylic acids is 2. The van der Waals surface area contributed by atoms with Crippen LogP contribution in [0.2, 0.25) is 0 Å². The lowest BCUT2D eigenvalue weighted by molar-refractivity contribution is -0.118. The fourth-order valence-corrected chi connectivity index (χ4v) is 1.59. The van der Waals surface area contributed by atoms with Gasteiger partial charge in [0.05, 0.1) is 0 Å². The van der Waals surface area contributed by atoms with E-state index in [1.165, 1.54) is 0 Å². The normalized spacial score (nSPS) is 14.4. The summed E-state index contributed by atoms with van der Waals surface area (Å²) >= 11 is 11.3. The molecule has 0 aliphatic heterocycles. The number of alkyl halides is 2. The number of primary amides is 2. The molecule has 0 aromatic carbocycles. The fourth-order valence-electron chi connectivity index (χ4n) is 1.29. The highest BCUT2D eigenvalue weighted by molar-refractivity contribution is 6.30. The van der Waals surface area contributed by atoms with Gasteiger partial charge in [0.1, 0.15) is 10.8 Å². The Balaban J connectivity index is 3.34. The number of amides is 2. The number of hydrogen-bond donors (Lipinski definition) is 2. The lowest BCUT2D eigenvalue weighted by Gasteiger charge is -2.06. The van der Waals surface area contributed by atoms with Gasteiger partial charge >= 0.3 is 0 Å². The van der Waals surface area contributed by atoms with Crippen LogP contribution in [0.3, 0.4) is 0 Å². The van der Waals surface area contributed by atoms with Gasteiger partial charge in [0.15, 0.2) is 0 Å². The van der Waals surface area contributed by atoms with Gasteiger partial charge in [-0.15, -0.1) is 23.2 Å². The van der Waals surface area contributed by atoms with E-state index in [0.717, 1.165) is 25.7 Å². The first-order chi connectivity index (χ1) is 7.45. The van der Waals surface area contributed by atoms with Gasteiger partial charge < -0.3 is 11.5 Å². The number of hydrogen-bond acceptors (Lipinski definition) is 2. The van der Waals surface area contributed by atoms with Crippen LogP contribution in [0.5, 0.6) is 0 Å². The van der Waals surface area contributed by atoms with Gasteiger partial charge in [-0.1, -0.05) is 25.7 Å². The van der Waals surface area contributed by atoms with Crippen LogP contribution in [0, 0.1) is 0 Å². The van der Waals surface area contributed by atoms with Gasteiger partial charge in [0.2, 0.25) is 11.8 Å². The Labute approximate surface area is 106 Å². The third kappa shape index (κ3) is 7.77. The molecule has 94 valence electrons. The van der Waals surface area contributed by atoms with Crippen molar-refractivity contribution >= 4 is 35.0 Å². The molecule has 4 N–H and O–H groups in total. The Morgan fingerprint density at radius 3 is 1.38 bits per heavy atom. The van der Waals surface area contributed by atoms with Gasteiger partial charge in [-0.2, -0.15) is 0 Å². The average Bonchev–Trinajstić information content (AvgIpc) is 2.21. The molecule has 0 radical (unpaired) electrons. The minimum atomic E-state index is -0.577. The molecule has 2 atom stereocenters. The lowest BCUT2D eigenvalue weighted by atomic mass is 10.1. The Kier molecular flexibility index (Phi) is 8.39. The molecule has 2 unspecified atom stereocenters. The topological polar surface area (TPSA) is 86.2 Å². The molecule has 0 rings (SSSR count). The first kappa shape index (κ1) is 15.5. The molecular formula is C10H18Cl2N2O2. The maximum absolute atomic E-state index is 10.6. The first-order valence-corrected chi connectivity index (χ1v) is 6.19. The van der Waals surface area contributed by atoms with Gasteiger partial charge in [-0.25, -0.2) is 0 Å². The molecule has 0 heterocycles. The Bertz CT molecular complexity index is 213. The molecule has 0 saturated carbocycles. The number of rotatable bonds is 9. The molecule has 0 aromatic heterocycles. The van der Waals surface area contributed by atoms with Crippen molar-refractivity contribution in [2.75, 3.05) is 0 Å². The molecule has 0 aliphatic carbocycles. The SMILES string of the molecule is NC(=O)C(Cl)CCCCCCC(Cl)C(N)=O. The van der Waals surface area contributed by atoms with E-state index in [1.807, 2.05) is 0 Å². The van der Waals surface area contributed by atoms with Crippen LogP contribution < -0.4 is 11.5 Å². The molecule has 0 aliphatic rings. The van der Waals surface area contributed by atoms with E-state index in [2.05, 4.69) is 0 Å². The zero-order valence-electron chi connectivity index (χ0n) is 9.12. The van der Waals surface area contributed by atoms with Gasteiger partial charge in [-0.3, -0.25) is 9.59 Å². The molecular weight excluding hydrogens is 251 g/mol. The number of unbranched alkanes of at least 4 members (excludes halogenated alkanes) is 3. The second-order valence-electron chi connectivity index (χ2n) is 3.73. The second-order valence-corrected chi connectivity index (χ2v) is 4.79. The molecule has 0 aromatic rings. The lowest BCUT2D eigenvalue weighted by Crippen LogP contribution is -2.23. The molecule has 2 amide bonds. The summed E-state index contributed by atoms with van der Waals surface area (Å²) in [6.07, 6.45) is 4.77. The summed E-state index contributed by atoms with van der Waals surface area (Å²) in [5.41, 5.74) is 10.0. The van der Waals surface area contributed by atoms with Crippen LogP contribution in [0.15, 0.2) is 0 Å². The minimum absolute atomic E-state index is 0.476. The third-order valence-electron chi connectivity index (χ3n) is 2.28. The Hall–Kier alpha value is -0.480. The first-order valence-electron chi connectivity index (χ1n) is 5.32. The maximum atomic E-state index is 10.6. The quantitative estimate of drug-likeness (QED) is 0.491. The molecule has 0 bridgehead atoms. The van der Waals surface area contributed by atoms with E-state index in [9.17, 15) is 9.59 Å². The van der Waals surface area contributed by atoms with E-state index in [0.29, 0.717) is 12.8 Å². The van der Waals surface area contributed by atoms with Crippen LogP contribution in [-0.4, -0.2) is 22.6 Å². The highest BCUT2D eigenvalue weighted by atomic mass is 35.5. The monoisotopic (exact) mass is 268 g/mol. The summed E-state index contributed by atoms with van der Waals surface area (Å²) in [6.45, 7) is 0. The predicted octanol–water partition coefficient (Wildman–Crippen LogP) is 1.51. The molecule has 0 saturated heterocycles. The Morgan fingerprint density at radius 2 is 1.12 bits per heavy atom. The van der Waals surface area contributed by atoms with Crippen molar-refractivity contribution in [3.63, 3.8) is 0 Å². The van der Waals surface area contributed by atoms with Crippen LogP contribution in [0.4, 0.5) is 0 Å². The number of nitrogens with two attached hydrogens (primary N) is 2. The van der Waals surface area contributed by atoms with Crippen molar-refractivity contribution in [1.82, 2.24) is 0 Å². The van der Waals surface area contributed by atoms with Gasteiger partial charge in [-0.05, 0) is 12.8 Å². The summed E-state index contributed by atoms with van der Waals surface area (Å²) in [5.74, 6) is -0.951. The van der Waals surface area contributed by atoms with Crippen molar-refractivity contribution < 1.29 is 9.59 Å². The van der Waals surface area contributed by atoms with Crippen molar-refractivity contribution in [2.24, 2.45) is 11.5 Å². The summed E-state index contributed by atoms with van der Waals surface area (Å²) in [4.78, 5) is 21.2. The molecule has 6 heteroatoms. The van der Waals surface area contributed by atoms with E-state index in [1.54, 1.807) is 0 Å². The van der Waals surface area contributed by atoms with E-state index >= 15 is 0 Å². The third-order valence-corrected chi connectivity index (χ3v) is 3.15. The standard InChI is InChI=1S/C10H18Cl2N2O2/c11-7(9(13)15)5-3-1-2-4-6-8(12)10(14)16/h7-8H,1-6H2,(H2,13,15)(H2,14,16). The molecule has 4 nitrogen and oxygen atoms in total. The van der Waals surface area contributed by atoms with Crippen LogP contribution in [-0.2, 0) is 9.59 Å². The van der Waals surface area contributed by atoms with E-state index in [-0.39, 0.29) is 0 Å². The Morgan fingerprint density at radius 1 is 0.812 bits per heavy atom. The van der Waals surface area contributed by atoms with Crippen molar-refractivity contribution in [3.8, 4) is 0 Å². The zero-order valence-corrected chi connectivity index (χ0v) is 10.6. The molecule has 0 spiro atoms. The highest BCUT2D eigenvalue weighted by Gasteiger charge is 2.11. The summed E-state index contributed by atoms with van der Waals surface area (Å²) < 4.78 is 0. The summed E-state index contributed by atoms with van der Waals surface area (Å²) in [5, 5.41) is -1.15. The summed E-state index contributed by atoms with van der Waals surface area (Å²) in [7, 11) is 0. The van der Waals surface area contributed by atoms with Crippen molar-refractivity contribution in [2.45, 2.75) is 49.3 Å². The smallest absolute Gasteiger partial charge is 0.235 e.